The molecule has 1 saturated carbocycles. The van der Waals surface area contributed by atoms with E-state index in [2.05, 4.69) is 28.9 Å². The van der Waals surface area contributed by atoms with E-state index < -0.39 is 0 Å². The van der Waals surface area contributed by atoms with Crippen molar-refractivity contribution in [1.82, 2.24) is 0 Å². The van der Waals surface area contributed by atoms with Gasteiger partial charge in [-0.2, -0.15) is 0 Å². The zero-order chi connectivity index (χ0) is 11.5. The van der Waals surface area contributed by atoms with Gasteiger partial charge in [-0.1, -0.05) is 25.7 Å². The molecule has 90 valence electrons. The van der Waals surface area contributed by atoms with Gasteiger partial charge in [-0.25, -0.2) is 0 Å². The lowest BCUT2D eigenvalue weighted by Gasteiger charge is -2.12. The second-order valence-electron chi connectivity index (χ2n) is 4.80. The van der Waals surface area contributed by atoms with Gasteiger partial charge in [-0.05, 0) is 47.7 Å². The first kappa shape index (κ1) is 12.6. The van der Waals surface area contributed by atoms with Crippen LogP contribution in [0.1, 0.15) is 54.4 Å². The molecule has 1 aromatic rings. The SMILES string of the molecule is Cc1sc(C(O)CCC2CCCC2)cc1Br. The number of aliphatic hydroxyl groups excluding tert-OH is 1. The van der Waals surface area contributed by atoms with Crippen molar-refractivity contribution in [3.8, 4) is 0 Å². The van der Waals surface area contributed by atoms with Gasteiger partial charge in [-0.15, -0.1) is 11.3 Å². The third-order valence-corrected chi connectivity index (χ3v) is 5.77. The molecule has 1 unspecified atom stereocenters. The quantitative estimate of drug-likeness (QED) is 0.845. The largest absolute Gasteiger partial charge is 0.388 e. The first-order valence-electron chi connectivity index (χ1n) is 6.10. The van der Waals surface area contributed by atoms with E-state index in [1.54, 1.807) is 11.3 Å². The minimum atomic E-state index is -0.254. The molecule has 1 atom stereocenters. The van der Waals surface area contributed by atoms with Crippen LogP contribution in [0.3, 0.4) is 0 Å². The Hall–Kier alpha value is 0.140. The van der Waals surface area contributed by atoms with Crippen LogP contribution in [0.4, 0.5) is 0 Å². The Labute approximate surface area is 110 Å². The van der Waals surface area contributed by atoms with Crippen molar-refractivity contribution in [3.63, 3.8) is 0 Å². The Morgan fingerprint density at radius 1 is 1.50 bits per heavy atom. The van der Waals surface area contributed by atoms with E-state index in [1.165, 1.54) is 37.0 Å². The van der Waals surface area contributed by atoms with Gasteiger partial charge in [0.15, 0.2) is 0 Å². The average Bonchev–Trinajstić information content (AvgIpc) is 2.86. The fourth-order valence-corrected chi connectivity index (χ4v) is 4.06. The second kappa shape index (κ2) is 5.65. The minimum absolute atomic E-state index is 0.254. The highest BCUT2D eigenvalue weighted by Crippen LogP contribution is 2.35. The van der Waals surface area contributed by atoms with Crippen LogP contribution in [-0.2, 0) is 0 Å². The summed E-state index contributed by atoms with van der Waals surface area (Å²) in [6.07, 6.45) is 7.40. The topological polar surface area (TPSA) is 20.2 Å². The molecule has 2 rings (SSSR count). The molecule has 0 aliphatic heterocycles. The summed E-state index contributed by atoms with van der Waals surface area (Å²) in [5.41, 5.74) is 0. The number of rotatable bonds is 4. The molecule has 1 aliphatic carbocycles. The van der Waals surface area contributed by atoms with Gasteiger partial charge in [0.2, 0.25) is 0 Å². The van der Waals surface area contributed by atoms with Crippen molar-refractivity contribution < 1.29 is 5.11 Å². The maximum absolute atomic E-state index is 10.1. The fraction of sp³-hybridized carbons (Fsp3) is 0.692. The van der Waals surface area contributed by atoms with Gasteiger partial charge in [0.1, 0.15) is 0 Å². The van der Waals surface area contributed by atoms with Crippen molar-refractivity contribution >= 4 is 27.3 Å². The Morgan fingerprint density at radius 3 is 2.75 bits per heavy atom. The summed E-state index contributed by atoms with van der Waals surface area (Å²) in [4.78, 5) is 2.37. The number of hydrogen-bond donors (Lipinski definition) is 1. The summed E-state index contributed by atoms with van der Waals surface area (Å²) < 4.78 is 1.13. The Kier molecular flexibility index (Phi) is 4.45. The zero-order valence-corrected chi connectivity index (χ0v) is 12.1. The highest BCUT2D eigenvalue weighted by atomic mass is 79.9. The molecule has 1 N–H and O–H groups in total. The molecule has 1 fully saturated rings. The van der Waals surface area contributed by atoms with E-state index in [-0.39, 0.29) is 6.10 Å². The lowest BCUT2D eigenvalue weighted by atomic mass is 9.99. The molecule has 1 aromatic heterocycles. The van der Waals surface area contributed by atoms with Crippen LogP contribution < -0.4 is 0 Å². The molecule has 1 heterocycles. The summed E-state index contributed by atoms with van der Waals surface area (Å²) >= 11 is 5.21. The Balaban J connectivity index is 1.84. The molecule has 1 aliphatic rings. The molecule has 0 aromatic carbocycles. The zero-order valence-electron chi connectivity index (χ0n) is 9.71. The van der Waals surface area contributed by atoms with Gasteiger partial charge in [0.25, 0.3) is 0 Å². The van der Waals surface area contributed by atoms with Crippen LogP contribution in [-0.4, -0.2) is 5.11 Å². The van der Waals surface area contributed by atoms with Crippen molar-refractivity contribution in [1.29, 1.82) is 0 Å². The van der Waals surface area contributed by atoms with Gasteiger partial charge < -0.3 is 5.11 Å². The van der Waals surface area contributed by atoms with E-state index in [0.29, 0.717) is 0 Å². The monoisotopic (exact) mass is 302 g/mol. The highest BCUT2D eigenvalue weighted by Gasteiger charge is 2.18. The van der Waals surface area contributed by atoms with E-state index in [0.717, 1.165) is 21.7 Å². The molecule has 1 nitrogen and oxygen atoms in total. The van der Waals surface area contributed by atoms with Crippen LogP contribution in [0.15, 0.2) is 10.5 Å². The maximum atomic E-state index is 10.1. The maximum Gasteiger partial charge on any atom is 0.0882 e. The molecule has 0 bridgehead atoms. The number of aliphatic hydroxyl groups is 1. The van der Waals surface area contributed by atoms with Gasteiger partial charge in [-0.3, -0.25) is 0 Å². The number of hydrogen-bond acceptors (Lipinski definition) is 2. The smallest absolute Gasteiger partial charge is 0.0882 e. The van der Waals surface area contributed by atoms with Gasteiger partial charge in [0.05, 0.1) is 6.10 Å². The van der Waals surface area contributed by atoms with Crippen molar-refractivity contribution in [2.45, 2.75) is 51.6 Å². The fourth-order valence-electron chi connectivity index (χ4n) is 2.48. The number of halogens is 1. The molecule has 0 radical (unpaired) electrons. The first-order chi connectivity index (χ1) is 7.66. The normalized spacial score (nSPS) is 19.2. The molecular weight excluding hydrogens is 284 g/mol. The van der Waals surface area contributed by atoms with Crippen LogP contribution in [0.2, 0.25) is 0 Å². The predicted octanol–water partition coefficient (Wildman–Crippen LogP) is 4.82. The van der Waals surface area contributed by atoms with E-state index >= 15 is 0 Å². The molecule has 3 heteroatoms. The standard InChI is InChI=1S/C13H19BrOS/c1-9-11(14)8-13(16-9)12(15)7-6-10-4-2-3-5-10/h8,10,12,15H,2-7H2,1H3. The summed E-state index contributed by atoms with van der Waals surface area (Å²) in [5, 5.41) is 10.1. The minimum Gasteiger partial charge on any atom is -0.388 e. The van der Waals surface area contributed by atoms with Crippen LogP contribution in [0, 0.1) is 12.8 Å². The van der Waals surface area contributed by atoms with E-state index in [9.17, 15) is 5.11 Å². The van der Waals surface area contributed by atoms with Crippen LogP contribution in [0.25, 0.3) is 0 Å². The summed E-state index contributed by atoms with van der Waals surface area (Å²) in [6, 6.07) is 2.07. The molecule has 0 saturated heterocycles. The third-order valence-electron chi connectivity index (χ3n) is 3.53. The Morgan fingerprint density at radius 2 is 2.19 bits per heavy atom. The first-order valence-corrected chi connectivity index (χ1v) is 7.71. The van der Waals surface area contributed by atoms with Crippen molar-refractivity contribution in [2.24, 2.45) is 5.92 Å². The van der Waals surface area contributed by atoms with Crippen LogP contribution >= 0.6 is 27.3 Å². The molecule has 0 amide bonds. The average molecular weight is 303 g/mol. The number of thiophene rings is 1. The Bertz CT molecular complexity index is 322. The van der Waals surface area contributed by atoms with E-state index in [4.69, 9.17) is 0 Å². The number of aryl methyl sites for hydroxylation is 1. The summed E-state index contributed by atoms with van der Waals surface area (Å²) in [5.74, 6) is 0.874. The molecule has 0 spiro atoms. The molecular formula is C13H19BrOS. The summed E-state index contributed by atoms with van der Waals surface area (Å²) in [7, 11) is 0. The van der Waals surface area contributed by atoms with Crippen LogP contribution in [0.5, 0.6) is 0 Å². The van der Waals surface area contributed by atoms with Crippen molar-refractivity contribution in [3.05, 3.63) is 20.3 Å². The molecule has 16 heavy (non-hydrogen) atoms. The summed E-state index contributed by atoms with van der Waals surface area (Å²) in [6.45, 7) is 2.09. The lowest BCUT2D eigenvalue weighted by Crippen LogP contribution is -1.99. The van der Waals surface area contributed by atoms with Crippen molar-refractivity contribution in [2.75, 3.05) is 0 Å². The predicted molar refractivity (Wildman–Crippen MR) is 72.9 cm³/mol. The second-order valence-corrected chi connectivity index (χ2v) is 6.94. The van der Waals surface area contributed by atoms with Gasteiger partial charge >= 0.3 is 0 Å². The van der Waals surface area contributed by atoms with Gasteiger partial charge in [0, 0.05) is 14.2 Å². The van der Waals surface area contributed by atoms with E-state index in [1.807, 2.05) is 0 Å². The third kappa shape index (κ3) is 3.08. The highest BCUT2D eigenvalue weighted by molar-refractivity contribution is 9.10. The lowest BCUT2D eigenvalue weighted by molar-refractivity contribution is 0.160.